The molecule has 7 heteroatoms. The second kappa shape index (κ2) is 30.1. The predicted molar refractivity (Wildman–Crippen MR) is 177 cm³/mol. The Balaban J connectivity index is 4.05. The van der Waals surface area contributed by atoms with Gasteiger partial charge in [0.25, 0.3) is 0 Å². The Morgan fingerprint density at radius 3 is 1.00 bits per heavy atom. The number of carboxylic acid groups (broad SMARTS) is 3. The van der Waals surface area contributed by atoms with Gasteiger partial charge in [-0.2, -0.15) is 0 Å². The first kappa shape index (κ1) is 41.1. The van der Waals surface area contributed by atoms with Crippen LogP contribution in [0.25, 0.3) is 0 Å². The fourth-order valence-corrected chi connectivity index (χ4v) is 6.01. The highest BCUT2D eigenvalue weighted by atomic mass is 16.4. The van der Waals surface area contributed by atoms with E-state index in [9.17, 15) is 14.4 Å². The van der Waals surface area contributed by atoms with Crippen molar-refractivity contribution >= 4 is 17.9 Å². The molecule has 0 radical (unpaired) electrons. The lowest BCUT2D eigenvalue weighted by molar-refractivity contribution is -0.880. The van der Waals surface area contributed by atoms with Crippen LogP contribution in [-0.4, -0.2) is 57.3 Å². The second-order valence-corrected chi connectivity index (χ2v) is 12.8. The van der Waals surface area contributed by atoms with Crippen molar-refractivity contribution < 1.29 is 34.2 Å². The van der Waals surface area contributed by atoms with E-state index in [1.807, 2.05) is 0 Å². The van der Waals surface area contributed by atoms with Crippen LogP contribution in [0.2, 0.25) is 0 Å². The molecule has 0 fully saturated rings. The summed E-state index contributed by atoms with van der Waals surface area (Å²) in [4.78, 5) is 33.2. The smallest absolute Gasteiger partial charge is 0.303 e. The first-order valence-electron chi connectivity index (χ1n) is 18.0. The third-order valence-electron chi connectivity index (χ3n) is 8.63. The summed E-state index contributed by atoms with van der Waals surface area (Å²) < 4.78 is 0.465. The Morgan fingerprint density at radius 2 is 0.721 bits per heavy atom. The zero-order valence-corrected chi connectivity index (χ0v) is 27.9. The van der Waals surface area contributed by atoms with Gasteiger partial charge in [0.05, 0.1) is 45.1 Å². The van der Waals surface area contributed by atoms with Gasteiger partial charge in [0, 0.05) is 19.3 Å². The summed E-state index contributed by atoms with van der Waals surface area (Å²) in [6, 6.07) is 0. The van der Waals surface area contributed by atoms with Crippen LogP contribution in [0, 0.1) is 0 Å². The Bertz CT molecular complexity index is 658. The van der Waals surface area contributed by atoms with Gasteiger partial charge >= 0.3 is 17.9 Å². The van der Waals surface area contributed by atoms with Crippen LogP contribution in [-0.2, 0) is 14.4 Å². The van der Waals surface area contributed by atoms with Gasteiger partial charge in [0.1, 0.15) is 0 Å². The van der Waals surface area contributed by atoms with Gasteiger partial charge in [0.2, 0.25) is 0 Å². The molecule has 0 bridgehead atoms. The number of hydrogen-bond acceptors (Lipinski definition) is 3. The molecular formula is C36H68NO6+. The number of allylic oxidation sites excluding steroid dienone is 1. The molecule has 0 aromatic carbocycles. The quantitative estimate of drug-likeness (QED) is 0.0494. The molecular weight excluding hydrogens is 542 g/mol. The normalized spacial score (nSPS) is 11.8. The topological polar surface area (TPSA) is 112 Å². The van der Waals surface area contributed by atoms with Crippen LogP contribution in [0.15, 0.2) is 12.3 Å². The first-order valence-corrected chi connectivity index (χ1v) is 18.0. The fraction of sp³-hybridized carbons (Fsp3) is 0.861. The highest BCUT2D eigenvalue weighted by molar-refractivity contribution is 5.67. The van der Waals surface area contributed by atoms with E-state index in [2.05, 4.69) is 19.2 Å². The van der Waals surface area contributed by atoms with Crippen LogP contribution in [0.1, 0.15) is 180 Å². The largest absolute Gasteiger partial charge is 0.481 e. The molecule has 0 heterocycles. The van der Waals surface area contributed by atoms with E-state index < -0.39 is 17.9 Å². The van der Waals surface area contributed by atoms with E-state index >= 15 is 0 Å². The van der Waals surface area contributed by atoms with Crippen LogP contribution >= 0.6 is 0 Å². The van der Waals surface area contributed by atoms with Gasteiger partial charge in [-0.1, -0.05) is 129 Å². The summed E-state index contributed by atoms with van der Waals surface area (Å²) in [6.07, 6.45) is 34.1. The molecule has 3 N–H and O–H groups in total. The van der Waals surface area contributed by atoms with Crippen molar-refractivity contribution in [2.75, 3.05) is 19.6 Å². The minimum Gasteiger partial charge on any atom is -0.481 e. The van der Waals surface area contributed by atoms with E-state index in [1.54, 1.807) is 0 Å². The maximum absolute atomic E-state index is 11.1. The molecule has 0 aliphatic heterocycles. The van der Waals surface area contributed by atoms with Gasteiger partial charge < -0.3 is 15.3 Å². The average molecular weight is 611 g/mol. The summed E-state index contributed by atoms with van der Waals surface area (Å²) >= 11 is 0. The molecule has 0 aliphatic carbocycles. The van der Waals surface area contributed by atoms with E-state index in [4.69, 9.17) is 15.3 Å². The third kappa shape index (κ3) is 29.9. The highest BCUT2D eigenvalue weighted by Crippen LogP contribution is 2.18. The number of quaternary nitrogens is 1. The van der Waals surface area contributed by atoms with Crippen molar-refractivity contribution in [3.63, 3.8) is 0 Å². The van der Waals surface area contributed by atoms with Crippen LogP contribution in [0.5, 0.6) is 0 Å². The van der Waals surface area contributed by atoms with Crippen molar-refractivity contribution in [2.45, 2.75) is 180 Å². The lowest BCUT2D eigenvalue weighted by atomic mass is 10.0. The number of carboxylic acids is 3. The first-order chi connectivity index (χ1) is 20.8. The average Bonchev–Trinajstić information content (AvgIpc) is 2.95. The van der Waals surface area contributed by atoms with Crippen molar-refractivity contribution in [2.24, 2.45) is 0 Å². The molecule has 7 nitrogen and oxygen atoms in total. The highest BCUT2D eigenvalue weighted by Gasteiger charge is 2.25. The van der Waals surface area contributed by atoms with Gasteiger partial charge in [-0.25, -0.2) is 0 Å². The number of nitrogens with zero attached hydrogens (tertiary/aromatic N) is 1. The van der Waals surface area contributed by atoms with Crippen molar-refractivity contribution in [3.8, 4) is 0 Å². The Hall–Kier alpha value is -1.89. The van der Waals surface area contributed by atoms with E-state index in [0.29, 0.717) is 43.4 Å². The zero-order valence-electron chi connectivity index (χ0n) is 27.9. The molecule has 0 spiro atoms. The molecule has 0 rings (SSSR count). The fourth-order valence-electron chi connectivity index (χ4n) is 6.01. The molecule has 252 valence electrons. The van der Waals surface area contributed by atoms with Crippen molar-refractivity contribution in [1.29, 1.82) is 0 Å². The molecule has 0 saturated carbocycles. The second-order valence-electron chi connectivity index (χ2n) is 12.8. The van der Waals surface area contributed by atoms with E-state index in [0.717, 1.165) is 12.8 Å². The monoisotopic (exact) mass is 611 g/mol. The molecule has 0 unspecified atom stereocenters. The summed E-state index contributed by atoms with van der Waals surface area (Å²) in [5, 5.41) is 27.3. The third-order valence-corrected chi connectivity index (χ3v) is 8.63. The Kier molecular flexibility index (Phi) is 28.8. The Morgan fingerprint density at radius 1 is 0.442 bits per heavy atom. The maximum atomic E-state index is 11.1. The molecule has 0 aromatic heterocycles. The van der Waals surface area contributed by atoms with Gasteiger partial charge in [-0.15, -0.1) is 0 Å². The molecule has 43 heavy (non-hydrogen) atoms. The minimum absolute atomic E-state index is 0.0606. The number of hydrogen-bond donors (Lipinski definition) is 3. The summed E-state index contributed by atoms with van der Waals surface area (Å²) in [5.41, 5.74) is 0. The van der Waals surface area contributed by atoms with Gasteiger partial charge in [0.15, 0.2) is 0 Å². The summed E-state index contributed by atoms with van der Waals surface area (Å²) in [6.45, 7) is 4.03. The summed E-state index contributed by atoms with van der Waals surface area (Å²) in [7, 11) is 0. The number of unbranched alkanes of at least 4 members (excludes halogenated alkanes) is 20. The van der Waals surface area contributed by atoms with Gasteiger partial charge in [-0.05, 0) is 18.9 Å². The minimum atomic E-state index is -0.845. The van der Waals surface area contributed by atoms with E-state index in [1.165, 1.54) is 122 Å². The number of carbonyl (C=O) groups is 3. The Labute approximate surface area is 264 Å². The molecule has 0 saturated heterocycles. The van der Waals surface area contributed by atoms with Crippen LogP contribution in [0.4, 0.5) is 0 Å². The SMILES string of the molecule is CCCCCCCCCCCCCCCCCCCCCC/C=C/[N+](CCCC(=O)O)(CCCC(=O)O)CCCC(=O)O. The van der Waals surface area contributed by atoms with Crippen LogP contribution in [0.3, 0.4) is 0 Å². The summed E-state index contributed by atoms with van der Waals surface area (Å²) in [5.74, 6) is -2.53. The van der Waals surface area contributed by atoms with Crippen molar-refractivity contribution in [3.05, 3.63) is 12.3 Å². The van der Waals surface area contributed by atoms with Crippen LogP contribution < -0.4 is 0 Å². The standard InChI is InChI=1S/C36H67NO6/c1-2-3-4-5-6-7-8-9-10-11-12-13-14-15-16-17-18-19-20-21-22-23-30-37(31-24-27-34(38)39,32-25-28-35(40)41)33-26-29-36(42)43/h23,30H,2-22,24-29,31-33H2,1H3,(H2-,38,39,40,41,42,43)/p+1/b30-23+. The maximum Gasteiger partial charge on any atom is 0.303 e. The van der Waals surface area contributed by atoms with Crippen molar-refractivity contribution in [1.82, 2.24) is 0 Å². The lowest BCUT2D eigenvalue weighted by Gasteiger charge is -2.35. The van der Waals surface area contributed by atoms with Gasteiger partial charge in [-0.3, -0.25) is 18.9 Å². The number of aliphatic carboxylic acids is 3. The molecule has 0 aliphatic rings. The predicted octanol–water partition coefficient (Wildman–Crippen LogP) is 10.1. The molecule has 0 aromatic rings. The lowest BCUT2D eigenvalue weighted by Crippen LogP contribution is -2.45. The zero-order chi connectivity index (χ0) is 31.9. The number of rotatable bonds is 34. The molecule has 0 amide bonds. The molecule has 0 atom stereocenters. The van der Waals surface area contributed by atoms with E-state index in [-0.39, 0.29) is 19.3 Å².